The van der Waals surface area contributed by atoms with Crippen LogP contribution in [0.2, 0.25) is 0 Å². The molecule has 0 saturated heterocycles. The van der Waals surface area contributed by atoms with Gasteiger partial charge in [0.2, 0.25) is 0 Å². The van der Waals surface area contributed by atoms with E-state index in [1.165, 1.54) is 6.07 Å². The van der Waals surface area contributed by atoms with Crippen LogP contribution < -0.4 is 5.73 Å². The van der Waals surface area contributed by atoms with Crippen LogP contribution in [-0.2, 0) is 0 Å². The molecule has 0 radical (unpaired) electrons. The fourth-order valence-corrected chi connectivity index (χ4v) is 1.87. The van der Waals surface area contributed by atoms with Crippen molar-refractivity contribution < 1.29 is 4.39 Å². The maximum absolute atomic E-state index is 13.4. The van der Waals surface area contributed by atoms with E-state index in [0.717, 1.165) is 10.9 Å². The molecule has 2 aromatic carbocycles. The van der Waals surface area contributed by atoms with E-state index in [4.69, 9.17) is 5.73 Å². The monoisotopic (exact) mass is 227 g/mol. The Balaban J connectivity index is 2.31. The highest BCUT2D eigenvalue weighted by atomic mass is 19.1. The van der Waals surface area contributed by atoms with Gasteiger partial charge in [0.15, 0.2) is 0 Å². The number of aromatic nitrogens is 2. The zero-order valence-corrected chi connectivity index (χ0v) is 8.97. The Morgan fingerprint density at radius 3 is 2.76 bits per heavy atom. The number of anilines is 1. The second kappa shape index (κ2) is 3.59. The number of para-hydroxylation sites is 2. The minimum Gasteiger partial charge on any atom is -0.395 e. The molecule has 0 aliphatic rings. The molecule has 1 aromatic heterocycles. The lowest BCUT2D eigenvalue weighted by Gasteiger charge is -2.07. The fraction of sp³-hybridized carbons (Fsp3) is 0. The van der Waals surface area contributed by atoms with Crippen molar-refractivity contribution in [1.29, 1.82) is 0 Å². The Bertz CT molecular complexity index is 688. The van der Waals surface area contributed by atoms with E-state index in [9.17, 15) is 4.39 Å². The average molecular weight is 227 g/mol. The molecule has 2 N–H and O–H groups in total. The molecule has 0 aliphatic carbocycles. The van der Waals surface area contributed by atoms with Crippen LogP contribution in [-0.4, -0.2) is 9.78 Å². The highest BCUT2D eigenvalue weighted by Crippen LogP contribution is 2.23. The van der Waals surface area contributed by atoms with E-state index in [2.05, 4.69) is 5.10 Å². The third-order valence-corrected chi connectivity index (χ3v) is 2.74. The van der Waals surface area contributed by atoms with Crippen molar-refractivity contribution in [3.05, 3.63) is 54.5 Å². The molecule has 0 aliphatic heterocycles. The van der Waals surface area contributed by atoms with Gasteiger partial charge in [-0.3, -0.25) is 0 Å². The molecule has 0 amide bonds. The Morgan fingerprint density at radius 2 is 1.88 bits per heavy atom. The van der Waals surface area contributed by atoms with Gasteiger partial charge in [-0.05, 0) is 18.2 Å². The number of fused-ring (bicyclic) bond motifs is 1. The third kappa shape index (κ3) is 1.45. The van der Waals surface area contributed by atoms with Crippen LogP contribution in [0.5, 0.6) is 0 Å². The van der Waals surface area contributed by atoms with Crippen LogP contribution >= 0.6 is 0 Å². The van der Waals surface area contributed by atoms with Gasteiger partial charge in [-0.25, -0.2) is 9.07 Å². The molecule has 3 rings (SSSR count). The van der Waals surface area contributed by atoms with Gasteiger partial charge in [0.1, 0.15) is 5.82 Å². The van der Waals surface area contributed by atoms with Crippen LogP contribution in [0.4, 0.5) is 10.1 Å². The summed E-state index contributed by atoms with van der Waals surface area (Å²) in [5.74, 6) is -0.429. The zero-order chi connectivity index (χ0) is 11.8. The SMILES string of the molecule is Nc1c(F)cccc1-n1ncc2ccccc21. The Labute approximate surface area is 97.3 Å². The molecule has 0 saturated carbocycles. The number of nitrogen functional groups attached to an aromatic ring is 1. The molecule has 3 aromatic rings. The summed E-state index contributed by atoms with van der Waals surface area (Å²) in [6, 6.07) is 12.4. The van der Waals surface area contributed by atoms with E-state index in [-0.39, 0.29) is 5.69 Å². The summed E-state index contributed by atoms with van der Waals surface area (Å²) < 4.78 is 15.1. The molecule has 0 unspecified atom stereocenters. The van der Waals surface area contributed by atoms with Gasteiger partial charge in [-0.1, -0.05) is 24.3 Å². The second-order valence-electron chi connectivity index (χ2n) is 3.79. The summed E-state index contributed by atoms with van der Waals surface area (Å²) in [5, 5.41) is 5.23. The van der Waals surface area contributed by atoms with Crippen molar-refractivity contribution in [3.8, 4) is 5.69 Å². The number of halogens is 1. The van der Waals surface area contributed by atoms with Crippen LogP contribution in [0.3, 0.4) is 0 Å². The number of nitrogens with two attached hydrogens (primary N) is 1. The molecular formula is C13H10FN3. The van der Waals surface area contributed by atoms with Gasteiger partial charge in [-0.2, -0.15) is 5.10 Å². The van der Waals surface area contributed by atoms with E-state index < -0.39 is 5.82 Å². The molecule has 17 heavy (non-hydrogen) atoms. The number of hydrogen-bond acceptors (Lipinski definition) is 2. The standard InChI is InChI=1S/C13H10FN3/c14-10-5-3-7-12(13(10)15)17-11-6-2-1-4-9(11)8-16-17/h1-8H,15H2. The second-order valence-corrected chi connectivity index (χ2v) is 3.79. The Kier molecular flexibility index (Phi) is 2.08. The lowest BCUT2D eigenvalue weighted by Crippen LogP contribution is -2.02. The number of nitrogens with zero attached hydrogens (tertiary/aromatic N) is 2. The largest absolute Gasteiger partial charge is 0.395 e. The number of hydrogen-bond donors (Lipinski definition) is 1. The normalized spacial score (nSPS) is 10.9. The minimum absolute atomic E-state index is 0.112. The van der Waals surface area contributed by atoms with Crippen LogP contribution in [0.15, 0.2) is 48.7 Å². The van der Waals surface area contributed by atoms with Crippen molar-refractivity contribution in [2.45, 2.75) is 0 Å². The Morgan fingerprint density at radius 1 is 1.06 bits per heavy atom. The molecule has 0 fully saturated rings. The zero-order valence-electron chi connectivity index (χ0n) is 8.97. The average Bonchev–Trinajstić information content (AvgIpc) is 2.77. The smallest absolute Gasteiger partial charge is 0.148 e. The van der Waals surface area contributed by atoms with Crippen molar-refractivity contribution in [2.24, 2.45) is 0 Å². The fourth-order valence-electron chi connectivity index (χ4n) is 1.87. The van der Waals surface area contributed by atoms with E-state index >= 15 is 0 Å². The molecule has 0 bridgehead atoms. The van der Waals surface area contributed by atoms with Gasteiger partial charge in [-0.15, -0.1) is 0 Å². The molecule has 0 atom stereocenters. The molecule has 1 heterocycles. The number of rotatable bonds is 1. The number of benzene rings is 2. The summed E-state index contributed by atoms with van der Waals surface area (Å²) in [7, 11) is 0. The first-order valence-electron chi connectivity index (χ1n) is 5.24. The summed E-state index contributed by atoms with van der Waals surface area (Å²) in [5.41, 5.74) is 7.31. The van der Waals surface area contributed by atoms with Gasteiger partial charge in [0.05, 0.1) is 23.1 Å². The van der Waals surface area contributed by atoms with Crippen molar-refractivity contribution in [2.75, 3.05) is 5.73 Å². The van der Waals surface area contributed by atoms with Crippen LogP contribution in [0.25, 0.3) is 16.6 Å². The topological polar surface area (TPSA) is 43.8 Å². The first-order valence-corrected chi connectivity index (χ1v) is 5.24. The first kappa shape index (κ1) is 9.84. The molecule has 84 valence electrons. The molecule has 0 spiro atoms. The predicted molar refractivity (Wildman–Crippen MR) is 65.4 cm³/mol. The predicted octanol–water partition coefficient (Wildman–Crippen LogP) is 2.75. The first-order chi connectivity index (χ1) is 8.27. The van der Waals surface area contributed by atoms with Gasteiger partial charge in [0, 0.05) is 5.39 Å². The van der Waals surface area contributed by atoms with Gasteiger partial charge in [0.25, 0.3) is 0 Å². The summed E-state index contributed by atoms with van der Waals surface area (Å²) in [6.07, 6.45) is 1.74. The third-order valence-electron chi connectivity index (χ3n) is 2.74. The van der Waals surface area contributed by atoms with Crippen molar-refractivity contribution in [3.63, 3.8) is 0 Å². The van der Waals surface area contributed by atoms with Crippen LogP contribution in [0, 0.1) is 5.82 Å². The van der Waals surface area contributed by atoms with Crippen molar-refractivity contribution in [1.82, 2.24) is 9.78 Å². The van der Waals surface area contributed by atoms with Gasteiger partial charge < -0.3 is 5.73 Å². The van der Waals surface area contributed by atoms with E-state index in [1.807, 2.05) is 24.3 Å². The maximum atomic E-state index is 13.4. The van der Waals surface area contributed by atoms with E-state index in [1.54, 1.807) is 23.0 Å². The summed E-state index contributed by atoms with van der Waals surface area (Å²) >= 11 is 0. The highest BCUT2D eigenvalue weighted by Gasteiger charge is 2.09. The van der Waals surface area contributed by atoms with Crippen molar-refractivity contribution >= 4 is 16.6 Å². The lowest BCUT2D eigenvalue weighted by molar-refractivity contribution is 0.631. The summed E-state index contributed by atoms with van der Waals surface area (Å²) in [6.45, 7) is 0. The Hall–Kier alpha value is -2.36. The molecule has 3 nitrogen and oxygen atoms in total. The van der Waals surface area contributed by atoms with Crippen LogP contribution in [0.1, 0.15) is 0 Å². The quantitative estimate of drug-likeness (QED) is 0.649. The summed E-state index contributed by atoms with van der Waals surface area (Å²) in [4.78, 5) is 0. The highest BCUT2D eigenvalue weighted by molar-refractivity contribution is 5.81. The lowest BCUT2D eigenvalue weighted by atomic mass is 10.2. The minimum atomic E-state index is -0.429. The van der Waals surface area contributed by atoms with Gasteiger partial charge >= 0.3 is 0 Å². The molecule has 4 heteroatoms. The van der Waals surface area contributed by atoms with E-state index in [0.29, 0.717) is 5.69 Å². The maximum Gasteiger partial charge on any atom is 0.148 e. The molecular weight excluding hydrogens is 217 g/mol.